The summed E-state index contributed by atoms with van der Waals surface area (Å²) in [4.78, 5) is 0. The van der Waals surface area contributed by atoms with Crippen molar-refractivity contribution in [3.8, 4) is 0 Å². The van der Waals surface area contributed by atoms with Crippen molar-refractivity contribution in [1.82, 2.24) is 0 Å². The summed E-state index contributed by atoms with van der Waals surface area (Å²) in [6.45, 7) is 2.24. The summed E-state index contributed by atoms with van der Waals surface area (Å²) in [5.74, 6) is 0.169. The van der Waals surface area contributed by atoms with E-state index >= 15 is 0 Å². The standard InChI is InChI=1S/C27H29IO/c1-3-4-20-24(29-2)25(21-14-8-5-9-15-21)26(22-16-10-6-11-17-22)27(28)23-18-12-7-13-19-23/h5-19,24-25H,3-4,20H2,1-2H3. The predicted molar refractivity (Wildman–Crippen MR) is 133 cm³/mol. The van der Waals surface area contributed by atoms with Gasteiger partial charge in [-0.1, -0.05) is 111 Å². The van der Waals surface area contributed by atoms with Crippen molar-refractivity contribution in [2.24, 2.45) is 0 Å². The van der Waals surface area contributed by atoms with Crippen LogP contribution < -0.4 is 0 Å². The first kappa shape index (κ1) is 21.8. The molecule has 0 amide bonds. The predicted octanol–water partition coefficient (Wildman–Crippen LogP) is 7.98. The van der Waals surface area contributed by atoms with E-state index in [0.717, 1.165) is 12.8 Å². The molecule has 0 aliphatic rings. The summed E-state index contributed by atoms with van der Waals surface area (Å²) in [6.07, 6.45) is 3.50. The molecule has 0 saturated heterocycles. The Kier molecular flexibility index (Phi) is 8.51. The highest BCUT2D eigenvalue weighted by atomic mass is 127. The van der Waals surface area contributed by atoms with Gasteiger partial charge < -0.3 is 4.74 Å². The lowest BCUT2D eigenvalue weighted by Crippen LogP contribution is -2.23. The number of unbranched alkanes of at least 4 members (excludes halogenated alkanes) is 1. The van der Waals surface area contributed by atoms with Crippen LogP contribution in [0, 0.1) is 0 Å². The molecule has 0 spiro atoms. The lowest BCUT2D eigenvalue weighted by Gasteiger charge is -2.30. The molecule has 0 fully saturated rings. The molecule has 0 heterocycles. The zero-order valence-electron chi connectivity index (χ0n) is 17.2. The van der Waals surface area contributed by atoms with E-state index in [4.69, 9.17) is 4.74 Å². The van der Waals surface area contributed by atoms with E-state index < -0.39 is 0 Å². The van der Waals surface area contributed by atoms with Crippen LogP contribution >= 0.6 is 22.6 Å². The molecule has 3 aromatic carbocycles. The molecule has 0 aromatic heterocycles. The minimum atomic E-state index is 0.126. The molecular formula is C27H29IO. The molecule has 0 radical (unpaired) electrons. The SMILES string of the molecule is CCCCC(OC)C(C(=C(I)c1ccccc1)c1ccccc1)c1ccccc1. The number of benzene rings is 3. The summed E-state index contributed by atoms with van der Waals surface area (Å²) in [7, 11) is 1.86. The molecule has 2 heteroatoms. The molecule has 0 aliphatic carbocycles. The van der Waals surface area contributed by atoms with Gasteiger partial charge in [-0.25, -0.2) is 0 Å². The molecule has 0 bridgehead atoms. The van der Waals surface area contributed by atoms with Crippen molar-refractivity contribution in [2.75, 3.05) is 7.11 Å². The molecule has 1 nitrogen and oxygen atoms in total. The Morgan fingerprint density at radius 2 is 1.31 bits per heavy atom. The van der Waals surface area contributed by atoms with Gasteiger partial charge in [0.1, 0.15) is 0 Å². The Labute approximate surface area is 189 Å². The van der Waals surface area contributed by atoms with E-state index in [0.29, 0.717) is 0 Å². The van der Waals surface area contributed by atoms with Crippen LogP contribution in [0.4, 0.5) is 0 Å². The fourth-order valence-corrected chi connectivity index (χ4v) is 4.86. The maximum absolute atomic E-state index is 6.12. The monoisotopic (exact) mass is 496 g/mol. The number of hydrogen-bond acceptors (Lipinski definition) is 1. The Balaban J connectivity index is 2.23. The van der Waals surface area contributed by atoms with Crippen molar-refractivity contribution in [2.45, 2.75) is 38.2 Å². The number of hydrogen-bond donors (Lipinski definition) is 0. The topological polar surface area (TPSA) is 9.23 Å². The Morgan fingerprint density at radius 3 is 1.83 bits per heavy atom. The van der Waals surface area contributed by atoms with Crippen molar-refractivity contribution in [1.29, 1.82) is 0 Å². The third-order valence-corrected chi connectivity index (χ3v) is 6.54. The second kappa shape index (κ2) is 11.3. The zero-order chi connectivity index (χ0) is 20.5. The van der Waals surface area contributed by atoms with E-state index in [9.17, 15) is 0 Å². The number of halogens is 1. The smallest absolute Gasteiger partial charge is 0.0681 e. The molecule has 0 N–H and O–H groups in total. The number of rotatable bonds is 9. The number of methoxy groups -OCH3 is 1. The van der Waals surface area contributed by atoms with Crippen LogP contribution in [-0.2, 0) is 4.74 Å². The second-order valence-electron chi connectivity index (χ2n) is 7.26. The fourth-order valence-electron chi connectivity index (χ4n) is 3.85. The Morgan fingerprint density at radius 1 is 0.793 bits per heavy atom. The summed E-state index contributed by atoms with van der Waals surface area (Å²) < 4.78 is 7.40. The molecule has 29 heavy (non-hydrogen) atoms. The summed E-state index contributed by atoms with van der Waals surface area (Å²) >= 11 is 2.53. The first-order valence-electron chi connectivity index (χ1n) is 10.3. The van der Waals surface area contributed by atoms with Crippen LogP contribution in [0.15, 0.2) is 91.0 Å². The van der Waals surface area contributed by atoms with Crippen LogP contribution in [0.25, 0.3) is 9.15 Å². The average Bonchev–Trinajstić information content (AvgIpc) is 2.80. The fraction of sp³-hybridized carbons (Fsp3) is 0.259. The zero-order valence-corrected chi connectivity index (χ0v) is 19.4. The highest BCUT2D eigenvalue weighted by molar-refractivity contribution is 14.1. The van der Waals surface area contributed by atoms with Gasteiger partial charge in [0, 0.05) is 16.6 Å². The van der Waals surface area contributed by atoms with Gasteiger partial charge in [0.05, 0.1) is 6.10 Å². The van der Waals surface area contributed by atoms with Gasteiger partial charge in [-0.3, -0.25) is 0 Å². The van der Waals surface area contributed by atoms with E-state index in [2.05, 4.69) is 121 Å². The third kappa shape index (κ3) is 5.58. The number of ether oxygens (including phenoxy) is 1. The van der Waals surface area contributed by atoms with Gasteiger partial charge in [0.25, 0.3) is 0 Å². The maximum atomic E-state index is 6.12. The molecule has 0 saturated carbocycles. The first-order chi connectivity index (χ1) is 14.3. The van der Waals surface area contributed by atoms with Gasteiger partial charge in [0.2, 0.25) is 0 Å². The minimum absolute atomic E-state index is 0.126. The summed E-state index contributed by atoms with van der Waals surface area (Å²) in [5, 5.41) is 0. The largest absolute Gasteiger partial charge is 0.380 e. The molecule has 3 rings (SSSR count). The molecular weight excluding hydrogens is 467 g/mol. The highest BCUT2D eigenvalue weighted by Gasteiger charge is 2.29. The van der Waals surface area contributed by atoms with E-state index in [1.165, 1.54) is 32.3 Å². The average molecular weight is 496 g/mol. The van der Waals surface area contributed by atoms with Gasteiger partial charge in [-0.05, 0) is 51.3 Å². The molecule has 2 atom stereocenters. The van der Waals surface area contributed by atoms with E-state index in [1.807, 2.05) is 7.11 Å². The van der Waals surface area contributed by atoms with Gasteiger partial charge in [0.15, 0.2) is 0 Å². The van der Waals surface area contributed by atoms with E-state index in [1.54, 1.807) is 0 Å². The molecule has 0 aliphatic heterocycles. The second-order valence-corrected chi connectivity index (χ2v) is 8.34. The maximum Gasteiger partial charge on any atom is 0.0681 e. The van der Waals surface area contributed by atoms with Crippen molar-refractivity contribution in [3.63, 3.8) is 0 Å². The van der Waals surface area contributed by atoms with E-state index in [-0.39, 0.29) is 12.0 Å². The summed E-state index contributed by atoms with van der Waals surface area (Å²) in [5.41, 5.74) is 5.15. The molecule has 2 unspecified atom stereocenters. The van der Waals surface area contributed by atoms with Crippen LogP contribution in [-0.4, -0.2) is 13.2 Å². The van der Waals surface area contributed by atoms with Gasteiger partial charge in [-0.2, -0.15) is 0 Å². The van der Waals surface area contributed by atoms with Crippen molar-refractivity contribution < 1.29 is 4.74 Å². The Hall–Kier alpha value is -1.91. The van der Waals surface area contributed by atoms with Gasteiger partial charge in [-0.15, -0.1) is 0 Å². The highest BCUT2D eigenvalue weighted by Crippen LogP contribution is 2.44. The van der Waals surface area contributed by atoms with Crippen LogP contribution in [0.1, 0.15) is 48.8 Å². The lowest BCUT2D eigenvalue weighted by molar-refractivity contribution is 0.0840. The van der Waals surface area contributed by atoms with Crippen LogP contribution in [0.5, 0.6) is 0 Å². The molecule has 150 valence electrons. The van der Waals surface area contributed by atoms with Crippen LogP contribution in [0.3, 0.4) is 0 Å². The first-order valence-corrected chi connectivity index (χ1v) is 11.4. The Bertz CT molecular complexity index is 888. The lowest BCUT2D eigenvalue weighted by atomic mass is 9.80. The van der Waals surface area contributed by atoms with Crippen molar-refractivity contribution >= 4 is 31.7 Å². The quantitative estimate of drug-likeness (QED) is 0.216. The van der Waals surface area contributed by atoms with Crippen molar-refractivity contribution in [3.05, 3.63) is 108 Å². The summed E-state index contributed by atoms with van der Waals surface area (Å²) in [6, 6.07) is 32.3. The molecule has 3 aromatic rings. The van der Waals surface area contributed by atoms with Crippen LogP contribution in [0.2, 0.25) is 0 Å². The minimum Gasteiger partial charge on any atom is -0.380 e. The normalized spacial score (nSPS) is 14.2. The third-order valence-electron chi connectivity index (χ3n) is 5.33. The van der Waals surface area contributed by atoms with Gasteiger partial charge >= 0.3 is 0 Å².